The lowest BCUT2D eigenvalue weighted by Gasteiger charge is -2.23. The molecule has 1 atom stereocenters. The van der Waals surface area contributed by atoms with Gasteiger partial charge in [0.05, 0.1) is 17.6 Å². The molecule has 0 saturated heterocycles. The van der Waals surface area contributed by atoms with Crippen LogP contribution in [0, 0.1) is 11.7 Å². The quantitative estimate of drug-likeness (QED) is 0.733. The van der Waals surface area contributed by atoms with Crippen LogP contribution in [0.4, 0.5) is 4.39 Å². The monoisotopic (exact) mass is 380 g/mol. The van der Waals surface area contributed by atoms with Gasteiger partial charge in [-0.3, -0.25) is 0 Å². The second-order valence-electron chi connectivity index (χ2n) is 5.64. The number of carbonyl (C=O) groups excluding carboxylic acids is 1. The van der Waals surface area contributed by atoms with Gasteiger partial charge in [-0.15, -0.1) is 12.4 Å². The Morgan fingerprint density at radius 1 is 1.42 bits per heavy atom. The molecule has 1 aromatic rings. The number of sulfonamides is 1. The minimum atomic E-state index is -4.09. The summed E-state index contributed by atoms with van der Waals surface area (Å²) in [6, 6.07) is 2.50. The van der Waals surface area contributed by atoms with Crippen molar-refractivity contribution >= 4 is 28.4 Å². The van der Waals surface area contributed by atoms with E-state index in [0.29, 0.717) is 0 Å². The number of ether oxygens (including phenoxy) is 1. The minimum absolute atomic E-state index is 0. The third-order valence-electron chi connectivity index (χ3n) is 4.17. The molecule has 1 unspecified atom stereocenters. The van der Waals surface area contributed by atoms with E-state index in [-0.39, 0.29) is 30.4 Å². The standard InChI is InChI=1S/C15H21FN2O4S.ClH/c1-22-15(19)12-7-6-11(16)8-14(12)23(20,21)18-13(9-17)10-4-2-3-5-10;/h6-8,10,13,18H,2-5,9,17H2,1H3;1H. The number of methoxy groups -OCH3 is 1. The van der Waals surface area contributed by atoms with Crippen molar-refractivity contribution in [3.05, 3.63) is 29.6 Å². The largest absolute Gasteiger partial charge is 0.465 e. The van der Waals surface area contributed by atoms with Crippen molar-refractivity contribution in [3.63, 3.8) is 0 Å². The Hall–Kier alpha value is -1.22. The first-order valence-electron chi connectivity index (χ1n) is 7.49. The molecule has 0 aromatic heterocycles. The van der Waals surface area contributed by atoms with Crippen molar-refractivity contribution in [2.75, 3.05) is 13.7 Å². The molecule has 0 aliphatic heterocycles. The Morgan fingerprint density at radius 2 is 2.04 bits per heavy atom. The van der Waals surface area contributed by atoms with Gasteiger partial charge in [0.2, 0.25) is 10.0 Å². The summed E-state index contributed by atoms with van der Waals surface area (Å²) in [7, 11) is -2.95. The van der Waals surface area contributed by atoms with Gasteiger partial charge in [0, 0.05) is 12.6 Å². The van der Waals surface area contributed by atoms with E-state index in [1.54, 1.807) is 0 Å². The lowest BCUT2D eigenvalue weighted by molar-refractivity contribution is 0.0596. The molecule has 1 fully saturated rings. The average Bonchev–Trinajstić information content (AvgIpc) is 3.06. The van der Waals surface area contributed by atoms with Gasteiger partial charge in [-0.1, -0.05) is 12.8 Å². The topological polar surface area (TPSA) is 98.5 Å². The number of hydrogen-bond donors (Lipinski definition) is 2. The molecule has 0 amide bonds. The molecule has 6 nitrogen and oxygen atoms in total. The van der Waals surface area contributed by atoms with Crippen LogP contribution in [-0.4, -0.2) is 34.1 Å². The molecular formula is C15H22ClFN2O4S. The average molecular weight is 381 g/mol. The van der Waals surface area contributed by atoms with Crippen LogP contribution in [-0.2, 0) is 14.8 Å². The van der Waals surface area contributed by atoms with E-state index in [2.05, 4.69) is 9.46 Å². The third kappa shape index (κ3) is 4.66. The lowest BCUT2D eigenvalue weighted by atomic mass is 9.99. The Bertz CT molecular complexity index is 678. The molecule has 1 aliphatic carbocycles. The zero-order valence-electron chi connectivity index (χ0n) is 13.3. The molecule has 0 bridgehead atoms. The number of rotatable bonds is 6. The number of hydrogen-bond acceptors (Lipinski definition) is 5. The van der Waals surface area contributed by atoms with Crippen LogP contribution in [0.15, 0.2) is 23.1 Å². The maximum absolute atomic E-state index is 13.5. The molecule has 136 valence electrons. The van der Waals surface area contributed by atoms with Crippen LogP contribution in [0.5, 0.6) is 0 Å². The van der Waals surface area contributed by atoms with Crippen LogP contribution in [0.25, 0.3) is 0 Å². The van der Waals surface area contributed by atoms with Crippen LogP contribution in [0.1, 0.15) is 36.0 Å². The molecular weight excluding hydrogens is 359 g/mol. The SMILES string of the molecule is COC(=O)c1ccc(F)cc1S(=O)(=O)NC(CN)C1CCCC1.Cl. The molecule has 1 aromatic carbocycles. The molecule has 0 heterocycles. The van der Waals surface area contributed by atoms with Gasteiger partial charge in [0.1, 0.15) is 5.82 Å². The fourth-order valence-corrected chi connectivity index (χ4v) is 4.48. The zero-order valence-corrected chi connectivity index (χ0v) is 15.0. The van der Waals surface area contributed by atoms with Gasteiger partial charge < -0.3 is 10.5 Å². The third-order valence-corrected chi connectivity index (χ3v) is 5.70. The number of benzene rings is 1. The summed E-state index contributed by atoms with van der Waals surface area (Å²) < 4.78 is 45.8. The summed E-state index contributed by atoms with van der Waals surface area (Å²) in [5.74, 6) is -1.43. The van der Waals surface area contributed by atoms with Gasteiger partial charge in [0.15, 0.2) is 0 Å². The van der Waals surface area contributed by atoms with E-state index in [1.165, 1.54) is 0 Å². The van der Waals surface area contributed by atoms with Gasteiger partial charge in [-0.25, -0.2) is 22.3 Å². The van der Waals surface area contributed by atoms with E-state index < -0.39 is 32.7 Å². The fourth-order valence-electron chi connectivity index (χ4n) is 2.96. The van der Waals surface area contributed by atoms with E-state index >= 15 is 0 Å². The Kier molecular flexibility index (Phi) is 7.59. The molecule has 3 N–H and O–H groups in total. The Labute approximate surface area is 147 Å². The van der Waals surface area contributed by atoms with Crippen molar-refractivity contribution < 1.29 is 22.3 Å². The van der Waals surface area contributed by atoms with Gasteiger partial charge in [-0.05, 0) is 37.0 Å². The lowest BCUT2D eigenvalue weighted by Crippen LogP contribution is -2.44. The second-order valence-corrected chi connectivity index (χ2v) is 7.32. The van der Waals surface area contributed by atoms with E-state index in [4.69, 9.17) is 5.73 Å². The zero-order chi connectivity index (χ0) is 17.0. The number of nitrogens with two attached hydrogens (primary N) is 1. The summed E-state index contributed by atoms with van der Waals surface area (Å²) in [5.41, 5.74) is 5.49. The smallest absolute Gasteiger partial charge is 0.339 e. The van der Waals surface area contributed by atoms with Crippen LogP contribution >= 0.6 is 12.4 Å². The van der Waals surface area contributed by atoms with E-state index in [1.807, 2.05) is 0 Å². The molecule has 9 heteroatoms. The van der Waals surface area contributed by atoms with Gasteiger partial charge in [0.25, 0.3) is 0 Å². The van der Waals surface area contributed by atoms with Crippen molar-refractivity contribution in [1.29, 1.82) is 0 Å². The number of halogens is 2. The Balaban J connectivity index is 0.00000288. The molecule has 0 radical (unpaired) electrons. The van der Waals surface area contributed by atoms with Crippen LogP contribution < -0.4 is 10.5 Å². The second kappa shape index (κ2) is 8.75. The molecule has 0 spiro atoms. The van der Waals surface area contributed by atoms with E-state index in [0.717, 1.165) is 51.0 Å². The highest BCUT2D eigenvalue weighted by molar-refractivity contribution is 7.89. The minimum Gasteiger partial charge on any atom is -0.465 e. The highest BCUT2D eigenvalue weighted by Crippen LogP contribution is 2.28. The first kappa shape index (κ1) is 20.8. The molecule has 1 aliphatic rings. The number of esters is 1. The molecule has 24 heavy (non-hydrogen) atoms. The van der Waals surface area contributed by atoms with E-state index in [9.17, 15) is 17.6 Å². The normalized spacial score (nSPS) is 16.5. The van der Waals surface area contributed by atoms with Gasteiger partial charge in [-0.2, -0.15) is 0 Å². The summed E-state index contributed by atoms with van der Waals surface area (Å²) in [5, 5.41) is 0. The highest BCUT2D eigenvalue weighted by Gasteiger charge is 2.31. The highest BCUT2D eigenvalue weighted by atomic mass is 35.5. The summed E-state index contributed by atoms with van der Waals surface area (Å²) in [4.78, 5) is 11.3. The predicted octanol–water partition coefficient (Wildman–Crippen LogP) is 1.83. The first-order chi connectivity index (χ1) is 10.9. The van der Waals surface area contributed by atoms with Gasteiger partial charge >= 0.3 is 5.97 Å². The number of nitrogens with one attached hydrogen (secondary N) is 1. The predicted molar refractivity (Wildman–Crippen MR) is 90.1 cm³/mol. The summed E-state index contributed by atoms with van der Waals surface area (Å²) in [6.45, 7) is 0.146. The van der Waals surface area contributed by atoms with Crippen LogP contribution in [0.2, 0.25) is 0 Å². The Morgan fingerprint density at radius 3 is 2.58 bits per heavy atom. The molecule has 1 saturated carbocycles. The summed E-state index contributed by atoms with van der Waals surface area (Å²) >= 11 is 0. The molecule has 2 rings (SSSR count). The maximum atomic E-state index is 13.5. The van der Waals surface area contributed by atoms with Crippen molar-refractivity contribution in [2.45, 2.75) is 36.6 Å². The maximum Gasteiger partial charge on any atom is 0.339 e. The number of carbonyl (C=O) groups is 1. The van der Waals surface area contributed by atoms with Crippen LogP contribution in [0.3, 0.4) is 0 Å². The van der Waals surface area contributed by atoms with Crippen molar-refractivity contribution in [1.82, 2.24) is 4.72 Å². The van der Waals surface area contributed by atoms with Crippen molar-refractivity contribution in [2.24, 2.45) is 11.7 Å². The first-order valence-corrected chi connectivity index (χ1v) is 8.97. The van der Waals surface area contributed by atoms with Crippen molar-refractivity contribution in [3.8, 4) is 0 Å². The summed E-state index contributed by atoms with van der Waals surface area (Å²) in [6.07, 6.45) is 3.88. The fraction of sp³-hybridized carbons (Fsp3) is 0.533.